The maximum Gasteiger partial charge on any atom is 0.233 e. The second-order valence-corrected chi connectivity index (χ2v) is 6.33. The van der Waals surface area contributed by atoms with E-state index in [1.165, 1.54) is 6.07 Å². The minimum atomic E-state index is -0.978. The fourth-order valence-corrected chi connectivity index (χ4v) is 3.33. The van der Waals surface area contributed by atoms with Gasteiger partial charge in [0.25, 0.3) is 0 Å². The summed E-state index contributed by atoms with van der Waals surface area (Å²) in [5, 5.41) is 9.51. The van der Waals surface area contributed by atoms with E-state index in [-0.39, 0.29) is 18.4 Å². The number of aliphatic hydroxyl groups is 1. The Balaban J connectivity index is 1.87. The van der Waals surface area contributed by atoms with Gasteiger partial charge in [0.1, 0.15) is 0 Å². The first-order valence-corrected chi connectivity index (χ1v) is 7.85. The summed E-state index contributed by atoms with van der Waals surface area (Å²) in [4.78, 5) is 14.6. The number of halogens is 2. The predicted octanol–water partition coefficient (Wildman–Crippen LogP) is 2.87. The third kappa shape index (κ3) is 2.80. The van der Waals surface area contributed by atoms with Crippen LogP contribution in [-0.4, -0.2) is 29.6 Å². The lowest BCUT2D eigenvalue weighted by Gasteiger charge is -2.25. The van der Waals surface area contributed by atoms with E-state index in [2.05, 4.69) is 0 Å². The number of rotatable bonds is 5. The Morgan fingerprint density at radius 3 is 2.50 bits per heavy atom. The smallest absolute Gasteiger partial charge is 0.233 e. The van der Waals surface area contributed by atoms with Crippen LogP contribution in [0.5, 0.6) is 0 Å². The van der Waals surface area contributed by atoms with Gasteiger partial charge in [-0.2, -0.15) is 0 Å². The van der Waals surface area contributed by atoms with Crippen molar-refractivity contribution in [3.05, 3.63) is 71.3 Å². The van der Waals surface area contributed by atoms with Gasteiger partial charge < -0.3 is 10.0 Å². The van der Waals surface area contributed by atoms with E-state index in [1.54, 1.807) is 11.9 Å². The molecule has 1 aliphatic rings. The van der Waals surface area contributed by atoms with E-state index < -0.39 is 17.0 Å². The largest absolute Gasteiger partial charge is 0.396 e. The highest BCUT2D eigenvalue weighted by Gasteiger charge is 2.61. The fourth-order valence-electron chi connectivity index (χ4n) is 3.33. The van der Waals surface area contributed by atoms with Crippen molar-refractivity contribution in [2.24, 2.45) is 5.92 Å². The summed E-state index contributed by atoms with van der Waals surface area (Å²) in [5.74, 6) is -2.38. The lowest BCUT2D eigenvalue weighted by molar-refractivity contribution is -0.133. The molecule has 0 radical (unpaired) electrons. The minimum Gasteiger partial charge on any atom is -0.396 e. The first-order chi connectivity index (χ1) is 11.5. The van der Waals surface area contributed by atoms with Crippen molar-refractivity contribution < 1.29 is 18.7 Å². The quantitative estimate of drug-likeness (QED) is 0.915. The molecule has 3 rings (SSSR count). The number of hydrogen-bond acceptors (Lipinski definition) is 2. The average molecular weight is 331 g/mol. The molecule has 1 saturated carbocycles. The molecule has 2 atom stereocenters. The van der Waals surface area contributed by atoms with Crippen molar-refractivity contribution in [3.8, 4) is 0 Å². The summed E-state index contributed by atoms with van der Waals surface area (Å²) >= 11 is 0. The molecule has 1 N–H and O–H groups in total. The molecule has 0 aliphatic heterocycles. The number of carbonyl (C=O) groups is 1. The predicted molar refractivity (Wildman–Crippen MR) is 86.1 cm³/mol. The molecule has 0 aromatic heterocycles. The van der Waals surface area contributed by atoms with E-state index in [9.17, 15) is 18.7 Å². The molecular formula is C19H19F2NO2. The van der Waals surface area contributed by atoms with Crippen molar-refractivity contribution >= 4 is 5.91 Å². The standard InChI is InChI=1S/C19H19F2NO2/c1-22(11-13-5-3-2-4-6-13)18(24)19(10-15(19)12-23)14-7-8-16(20)17(21)9-14/h2-9,15,23H,10-12H2,1H3. The number of nitrogens with zero attached hydrogens (tertiary/aromatic N) is 1. The molecule has 2 unspecified atom stereocenters. The van der Waals surface area contributed by atoms with E-state index in [0.717, 1.165) is 17.7 Å². The van der Waals surface area contributed by atoms with Crippen LogP contribution in [0.1, 0.15) is 17.5 Å². The van der Waals surface area contributed by atoms with E-state index >= 15 is 0 Å². The van der Waals surface area contributed by atoms with Crippen LogP contribution < -0.4 is 0 Å². The Labute approximate surface area is 139 Å². The highest BCUT2D eigenvalue weighted by atomic mass is 19.2. The molecule has 2 aromatic carbocycles. The Hall–Kier alpha value is -2.27. The highest BCUT2D eigenvalue weighted by molar-refractivity contribution is 5.92. The second kappa shape index (κ2) is 6.32. The van der Waals surface area contributed by atoms with Crippen LogP contribution in [0.25, 0.3) is 0 Å². The molecule has 2 aromatic rings. The topological polar surface area (TPSA) is 40.5 Å². The maximum absolute atomic E-state index is 13.6. The maximum atomic E-state index is 13.6. The average Bonchev–Trinajstić information content (AvgIpc) is 3.33. The van der Waals surface area contributed by atoms with Gasteiger partial charge in [-0.1, -0.05) is 36.4 Å². The summed E-state index contributed by atoms with van der Waals surface area (Å²) in [5.41, 5.74) is 0.438. The van der Waals surface area contributed by atoms with Gasteiger partial charge in [0.2, 0.25) is 5.91 Å². The Bertz CT molecular complexity index is 750. The van der Waals surface area contributed by atoms with Gasteiger partial charge in [-0.25, -0.2) is 8.78 Å². The molecule has 24 heavy (non-hydrogen) atoms. The van der Waals surface area contributed by atoms with Gasteiger partial charge in [0, 0.05) is 26.1 Å². The van der Waals surface area contributed by atoms with Crippen LogP contribution >= 0.6 is 0 Å². The molecule has 1 aliphatic carbocycles. The lowest BCUT2D eigenvalue weighted by atomic mass is 9.91. The number of benzene rings is 2. The van der Waals surface area contributed by atoms with Gasteiger partial charge in [0.15, 0.2) is 11.6 Å². The van der Waals surface area contributed by atoms with Crippen LogP contribution in [0.15, 0.2) is 48.5 Å². The van der Waals surface area contributed by atoms with Gasteiger partial charge >= 0.3 is 0 Å². The molecule has 1 fully saturated rings. The Morgan fingerprint density at radius 1 is 1.21 bits per heavy atom. The van der Waals surface area contributed by atoms with Crippen LogP contribution in [0.2, 0.25) is 0 Å². The summed E-state index contributed by atoms with van der Waals surface area (Å²) in [6.07, 6.45) is 0.437. The number of likely N-dealkylation sites (N-methyl/N-ethyl adjacent to an activating group) is 1. The van der Waals surface area contributed by atoms with Gasteiger partial charge in [-0.05, 0) is 29.7 Å². The first kappa shape index (κ1) is 16.6. The Morgan fingerprint density at radius 2 is 1.92 bits per heavy atom. The molecule has 1 amide bonds. The monoisotopic (exact) mass is 331 g/mol. The number of carbonyl (C=O) groups excluding carboxylic acids is 1. The number of aliphatic hydroxyl groups excluding tert-OH is 1. The lowest BCUT2D eigenvalue weighted by Crippen LogP contribution is -2.38. The SMILES string of the molecule is CN(Cc1ccccc1)C(=O)C1(c2ccc(F)c(F)c2)CC1CO. The van der Waals surface area contributed by atoms with E-state index in [1.807, 2.05) is 30.3 Å². The third-order valence-corrected chi connectivity index (χ3v) is 4.75. The van der Waals surface area contributed by atoms with Crippen molar-refractivity contribution in [1.82, 2.24) is 4.90 Å². The van der Waals surface area contributed by atoms with Crippen LogP contribution in [0.3, 0.4) is 0 Å². The molecule has 0 spiro atoms. The summed E-state index contributed by atoms with van der Waals surface area (Å²) in [6, 6.07) is 13.1. The van der Waals surface area contributed by atoms with Crippen LogP contribution in [0, 0.1) is 17.6 Å². The summed E-state index contributed by atoms with van der Waals surface area (Å²) in [7, 11) is 1.68. The zero-order chi connectivity index (χ0) is 17.3. The molecule has 0 bridgehead atoms. The zero-order valence-electron chi connectivity index (χ0n) is 13.4. The molecule has 5 heteroatoms. The van der Waals surface area contributed by atoms with E-state index in [4.69, 9.17) is 0 Å². The molecule has 0 heterocycles. The van der Waals surface area contributed by atoms with Gasteiger partial charge in [0.05, 0.1) is 5.41 Å². The van der Waals surface area contributed by atoms with Gasteiger partial charge in [-0.15, -0.1) is 0 Å². The highest BCUT2D eigenvalue weighted by Crippen LogP contribution is 2.55. The molecule has 3 nitrogen and oxygen atoms in total. The van der Waals surface area contributed by atoms with Crippen LogP contribution in [0.4, 0.5) is 8.78 Å². The minimum absolute atomic E-state index is 0.163. The third-order valence-electron chi connectivity index (χ3n) is 4.75. The normalized spacial score (nSPS) is 22.2. The van der Waals surface area contributed by atoms with Crippen molar-refractivity contribution in [2.75, 3.05) is 13.7 Å². The molecule has 0 saturated heterocycles. The first-order valence-electron chi connectivity index (χ1n) is 7.85. The van der Waals surface area contributed by atoms with Crippen molar-refractivity contribution in [2.45, 2.75) is 18.4 Å². The van der Waals surface area contributed by atoms with Crippen molar-refractivity contribution in [1.29, 1.82) is 0 Å². The molecular weight excluding hydrogens is 312 g/mol. The summed E-state index contributed by atoms with van der Waals surface area (Å²) < 4.78 is 26.8. The van der Waals surface area contributed by atoms with E-state index in [0.29, 0.717) is 18.5 Å². The van der Waals surface area contributed by atoms with Gasteiger partial charge in [-0.3, -0.25) is 4.79 Å². The number of amides is 1. The van der Waals surface area contributed by atoms with Crippen LogP contribution in [-0.2, 0) is 16.8 Å². The zero-order valence-corrected chi connectivity index (χ0v) is 13.4. The fraction of sp³-hybridized carbons (Fsp3) is 0.316. The molecule has 126 valence electrons. The van der Waals surface area contributed by atoms with Crippen molar-refractivity contribution in [3.63, 3.8) is 0 Å². The Kier molecular flexibility index (Phi) is 4.37. The second-order valence-electron chi connectivity index (χ2n) is 6.33. The number of hydrogen-bond donors (Lipinski definition) is 1. The summed E-state index contributed by atoms with van der Waals surface area (Å²) in [6.45, 7) is 0.257.